The molecule has 2 heterocycles. The molecule has 0 unspecified atom stereocenters. The van der Waals surface area contributed by atoms with E-state index in [2.05, 4.69) is 52.4 Å². The van der Waals surface area contributed by atoms with E-state index in [0.29, 0.717) is 0 Å². The topological polar surface area (TPSA) is 44.5 Å². The van der Waals surface area contributed by atoms with Crippen LogP contribution in [0, 0.1) is 0 Å². The zero-order valence-corrected chi connectivity index (χ0v) is 14.1. The third-order valence-electron chi connectivity index (χ3n) is 4.60. The Kier molecular flexibility index (Phi) is 3.42. The van der Waals surface area contributed by atoms with Crippen molar-refractivity contribution >= 4 is 10.9 Å². The van der Waals surface area contributed by atoms with Gasteiger partial charge in [0.2, 0.25) is 0 Å². The van der Waals surface area contributed by atoms with Gasteiger partial charge in [0.1, 0.15) is 0 Å². The molecule has 0 fully saturated rings. The molecule has 124 valence electrons. The van der Waals surface area contributed by atoms with Gasteiger partial charge >= 0.3 is 0 Å². The smallest absolute Gasteiger partial charge is 0.155 e. The highest BCUT2D eigenvalue weighted by Gasteiger charge is 2.16. The molecule has 26 heavy (non-hydrogen) atoms. The maximum absolute atomic E-state index is 4.94. The second-order valence-corrected chi connectivity index (χ2v) is 6.31. The molecule has 3 heteroatoms. The predicted octanol–water partition coefficient (Wildman–Crippen LogP) is 5.89. The summed E-state index contributed by atoms with van der Waals surface area (Å²) in [4.78, 5) is 11.9. The van der Waals surface area contributed by atoms with Gasteiger partial charge in [-0.05, 0) is 12.1 Å². The lowest BCUT2D eigenvalue weighted by atomic mass is 10.1. The molecule has 2 aromatic heterocycles. The van der Waals surface area contributed by atoms with Crippen LogP contribution in [-0.2, 0) is 0 Å². The van der Waals surface area contributed by atoms with E-state index in [1.807, 2.05) is 48.5 Å². The van der Waals surface area contributed by atoms with Crippen LogP contribution in [0.1, 0.15) is 0 Å². The number of rotatable bonds is 3. The summed E-state index contributed by atoms with van der Waals surface area (Å²) in [6.45, 7) is 0. The van der Waals surface area contributed by atoms with Gasteiger partial charge < -0.3 is 9.97 Å². The van der Waals surface area contributed by atoms with Crippen LogP contribution in [0.3, 0.4) is 0 Å². The van der Waals surface area contributed by atoms with Crippen LogP contribution in [0.4, 0.5) is 0 Å². The fraction of sp³-hybridized carbons (Fsp3) is 0. The number of aromatic amines is 2. The lowest BCUT2D eigenvalue weighted by Gasteiger charge is -2.02. The number of imidazole rings is 1. The Morgan fingerprint density at radius 1 is 0.615 bits per heavy atom. The molecule has 3 aromatic carbocycles. The van der Waals surface area contributed by atoms with Crippen molar-refractivity contribution in [3.05, 3.63) is 91.0 Å². The van der Waals surface area contributed by atoms with Gasteiger partial charge in [0.05, 0.1) is 17.1 Å². The molecule has 0 atom stereocenters. The molecule has 0 saturated carbocycles. The molecule has 0 bridgehead atoms. The Morgan fingerprint density at radius 3 is 2.00 bits per heavy atom. The standard InChI is InChI=1S/C23H17N3/c1-3-9-16(10-4-1)21-22(17-11-5-2-6-12-17)26-23(25-21)20-15-18-13-7-8-14-19(18)24-20/h1-15,24H,(H,25,26). The van der Waals surface area contributed by atoms with Gasteiger partial charge in [-0.25, -0.2) is 4.98 Å². The first kappa shape index (κ1) is 14.7. The van der Waals surface area contributed by atoms with E-state index < -0.39 is 0 Å². The second-order valence-electron chi connectivity index (χ2n) is 6.31. The fourth-order valence-electron chi connectivity index (χ4n) is 3.32. The van der Waals surface area contributed by atoms with Crippen LogP contribution in [0.25, 0.3) is 44.9 Å². The average Bonchev–Trinajstić information content (AvgIpc) is 3.34. The molecule has 0 saturated heterocycles. The minimum absolute atomic E-state index is 0.846. The maximum atomic E-state index is 4.94. The van der Waals surface area contributed by atoms with Gasteiger partial charge in [0, 0.05) is 22.0 Å². The normalized spacial score (nSPS) is 11.1. The van der Waals surface area contributed by atoms with Crippen molar-refractivity contribution in [3.63, 3.8) is 0 Å². The number of hydrogen-bond donors (Lipinski definition) is 2. The zero-order chi connectivity index (χ0) is 17.3. The number of H-pyrrole nitrogens is 2. The summed E-state index contributed by atoms with van der Waals surface area (Å²) in [6.07, 6.45) is 0. The summed E-state index contributed by atoms with van der Waals surface area (Å²) in [5, 5.41) is 1.18. The van der Waals surface area contributed by atoms with Crippen LogP contribution in [0.2, 0.25) is 0 Å². The molecular weight excluding hydrogens is 318 g/mol. The quantitative estimate of drug-likeness (QED) is 0.424. The Labute approximate surface area is 151 Å². The van der Waals surface area contributed by atoms with Crippen molar-refractivity contribution in [3.8, 4) is 34.0 Å². The SMILES string of the molecule is c1ccc(-c2nc(-c3cc4ccccc4[nH]3)[nH]c2-c2ccccc2)cc1. The van der Waals surface area contributed by atoms with E-state index in [-0.39, 0.29) is 0 Å². The fourth-order valence-corrected chi connectivity index (χ4v) is 3.32. The Morgan fingerprint density at radius 2 is 1.27 bits per heavy atom. The van der Waals surface area contributed by atoms with E-state index >= 15 is 0 Å². The number of nitrogens with zero attached hydrogens (tertiary/aromatic N) is 1. The highest BCUT2D eigenvalue weighted by atomic mass is 15.0. The van der Waals surface area contributed by atoms with Gasteiger partial charge in [-0.1, -0.05) is 78.9 Å². The summed E-state index contributed by atoms with van der Waals surface area (Å²) < 4.78 is 0. The summed E-state index contributed by atoms with van der Waals surface area (Å²) >= 11 is 0. The number of para-hydroxylation sites is 1. The highest BCUT2D eigenvalue weighted by Crippen LogP contribution is 2.33. The van der Waals surface area contributed by atoms with E-state index in [9.17, 15) is 0 Å². The average molecular weight is 335 g/mol. The van der Waals surface area contributed by atoms with Gasteiger partial charge in [-0.2, -0.15) is 0 Å². The Hall–Kier alpha value is -3.59. The highest BCUT2D eigenvalue weighted by molar-refractivity contribution is 5.86. The van der Waals surface area contributed by atoms with Gasteiger partial charge in [0.15, 0.2) is 5.82 Å². The van der Waals surface area contributed by atoms with Crippen LogP contribution in [0.5, 0.6) is 0 Å². The number of benzene rings is 3. The second kappa shape index (κ2) is 6.05. The van der Waals surface area contributed by atoms with Crippen molar-refractivity contribution in [2.75, 3.05) is 0 Å². The number of fused-ring (bicyclic) bond motifs is 1. The third-order valence-corrected chi connectivity index (χ3v) is 4.60. The molecule has 0 aliphatic heterocycles. The molecule has 3 nitrogen and oxygen atoms in total. The largest absolute Gasteiger partial charge is 0.352 e. The molecule has 0 aliphatic rings. The van der Waals surface area contributed by atoms with Crippen LogP contribution in [0.15, 0.2) is 91.0 Å². The first-order valence-corrected chi connectivity index (χ1v) is 8.67. The maximum Gasteiger partial charge on any atom is 0.155 e. The minimum atomic E-state index is 0.846. The predicted molar refractivity (Wildman–Crippen MR) is 107 cm³/mol. The summed E-state index contributed by atoms with van der Waals surface area (Å²) in [6, 6.07) is 31.0. The van der Waals surface area contributed by atoms with E-state index in [4.69, 9.17) is 4.98 Å². The Balaban J connectivity index is 1.71. The minimum Gasteiger partial charge on any atom is -0.352 e. The summed E-state index contributed by atoms with van der Waals surface area (Å²) in [5.74, 6) is 0.846. The van der Waals surface area contributed by atoms with Crippen molar-refractivity contribution in [1.82, 2.24) is 15.0 Å². The number of aromatic nitrogens is 3. The first-order valence-electron chi connectivity index (χ1n) is 8.67. The molecule has 0 amide bonds. The van der Waals surface area contributed by atoms with Gasteiger partial charge in [-0.15, -0.1) is 0 Å². The van der Waals surface area contributed by atoms with Crippen LogP contribution in [-0.4, -0.2) is 15.0 Å². The molecular formula is C23H17N3. The van der Waals surface area contributed by atoms with Gasteiger partial charge in [0.25, 0.3) is 0 Å². The monoisotopic (exact) mass is 335 g/mol. The van der Waals surface area contributed by atoms with Crippen molar-refractivity contribution in [2.45, 2.75) is 0 Å². The van der Waals surface area contributed by atoms with Crippen LogP contribution >= 0.6 is 0 Å². The molecule has 0 spiro atoms. The molecule has 5 rings (SSSR count). The van der Waals surface area contributed by atoms with Crippen molar-refractivity contribution < 1.29 is 0 Å². The molecule has 5 aromatic rings. The first-order chi connectivity index (χ1) is 12.9. The van der Waals surface area contributed by atoms with Crippen molar-refractivity contribution in [2.24, 2.45) is 0 Å². The van der Waals surface area contributed by atoms with Crippen LogP contribution < -0.4 is 0 Å². The van der Waals surface area contributed by atoms with E-state index in [0.717, 1.165) is 39.5 Å². The molecule has 2 N–H and O–H groups in total. The molecule has 0 radical (unpaired) electrons. The van der Waals surface area contributed by atoms with Crippen molar-refractivity contribution in [1.29, 1.82) is 0 Å². The summed E-state index contributed by atoms with van der Waals surface area (Å²) in [5.41, 5.74) is 6.33. The lowest BCUT2D eigenvalue weighted by Crippen LogP contribution is -1.82. The van der Waals surface area contributed by atoms with E-state index in [1.54, 1.807) is 0 Å². The Bertz CT molecular complexity index is 1080. The third kappa shape index (κ3) is 2.50. The zero-order valence-electron chi connectivity index (χ0n) is 14.1. The number of hydrogen-bond acceptors (Lipinski definition) is 1. The van der Waals surface area contributed by atoms with Gasteiger partial charge in [-0.3, -0.25) is 0 Å². The number of nitrogens with one attached hydrogen (secondary N) is 2. The van der Waals surface area contributed by atoms with E-state index in [1.165, 1.54) is 5.39 Å². The lowest BCUT2D eigenvalue weighted by molar-refractivity contribution is 1.27. The summed E-state index contributed by atoms with van der Waals surface area (Å²) in [7, 11) is 0. The molecule has 0 aliphatic carbocycles.